The summed E-state index contributed by atoms with van der Waals surface area (Å²) < 4.78 is 10.9. The summed E-state index contributed by atoms with van der Waals surface area (Å²) in [6.45, 7) is 5.66. The molecule has 0 radical (unpaired) electrons. The first-order chi connectivity index (χ1) is 13.7. The van der Waals surface area contributed by atoms with Crippen molar-refractivity contribution in [1.82, 2.24) is 10.6 Å². The van der Waals surface area contributed by atoms with Gasteiger partial charge < -0.3 is 25.4 Å². The first kappa shape index (κ1) is 21.9. The molecule has 7 nitrogen and oxygen atoms in total. The molecule has 7 heteroatoms. The Hall–Kier alpha value is -2.44. The van der Waals surface area contributed by atoms with Crippen molar-refractivity contribution in [3.63, 3.8) is 0 Å². The largest absolute Gasteiger partial charge is 0.493 e. The van der Waals surface area contributed by atoms with Crippen molar-refractivity contribution >= 4 is 17.6 Å². The number of rotatable bonds is 9. The molecular weight excluding hydrogens is 356 g/mol. The molecule has 1 aliphatic rings. The molecule has 0 aromatic heterocycles. The van der Waals surface area contributed by atoms with Gasteiger partial charge in [0.2, 0.25) is 5.91 Å². The number of ether oxygens (including phenoxy) is 2. The lowest BCUT2D eigenvalue weighted by atomic mass is 9.95. The molecule has 0 spiro atoms. The van der Waals surface area contributed by atoms with Crippen LogP contribution in [0.3, 0.4) is 0 Å². The molecule has 1 aromatic rings. The van der Waals surface area contributed by atoms with E-state index in [-0.39, 0.29) is 5.91 Å². The van der Waals surface area contributed by atoms with Gasteiger partial charge in [-0.1, -0.05) is 19.3 Å². The molecule has 0 aliphatic heterocycles. The van der Waals surface area contributed by atoms with Gasteiger partial charge in [-0.25, -0.2) is 0 Å². The molecule has 0 saturated heterocycles. The molecule has 0 heterocycles. The maximum Gasteiger partial charge on any atom is 0.222 e. The minimum absolute atomic E-state index is 0.0783. The number of aliphatic imine (C=N–C) groups is 1. The average molecular weight is 391 g/mol. The lowest BCUT2D eigenvalue weighted by Crippen LogP contribution is -2.36. The third-order valence-electron chi connectivity index (χ3n) is 4.65. The van der Waals surface area contributed by atoms with Crippen LogP contribution in [0, 0.1) is 0 Å². The monoisotopic (exact) mass is 390 g/mol. The van der Waals surface area contributed by atoms with Crippen molar-refractivity contribution in [1.29, 1.82) is 0 Å². The van der Waals surface area contributed by atoms with Crippen LogP contribution in [0.2, 0.25) is 0 Å². The second-order valence-corrected chi connectivity index (χ2v) is 6.84. The number of benzene rings is 1. The van der Waals surface area contributed by atoms with E-state index in [9.17, 15) is 4.79 Å². The minimum atomic E-state index is 0.0783. The number of guanidine groups is 1. The number of carbonyl (C=O) groups excluding carboxylic acids is 1. The molecule has 0 unspecified atom stereocenters. The first-order valence-corrected chi connectivity index (χ1v) is 10.3. The Bertz CT molecular complexity index is 643. The number of hydrogen-bond donors (Lipinski definition) is 3. The zero-order chi connectivity index (χ0) is 20.2. The fourth-order valence-electron chi connectivity index (χ4n) is 3.28. The summed E-state index contributed by atoms with van der Waals surface area (Å²) in [7, 11) is 1.62. The fraction of sp³-hybridized carbons (Fsp3) is 0.619. The van der Waals surface area contributed by atoms with Gasteiger partial charge in [0.05, 0.1) is 20.3 Å². The minimum Gasteiger partial charge on any atom is -0.493 e. The number of amides is 1. The lowest BCUT2D eigenvalue weighted by molar-refractivity contribution is -0.121. The van der Waals surface area contributed by atoms with Crippen molar-refractivity contribution in [2.24, 2.45) is 4.99 Å². The van der Waals surface area contributed by atoms with Gasteiger partial charge in [0.15, 0.2) is 17.5 Å². The fourth-order valence-corrected chi connectivity index (χ4v) is 3.28. The van der Waals surface area contributed by atoms with Gasteiger partial charge in [-0.3, -0.25) is 9.79 Å². The van der Waals surface area contributed by atoms with Crippen LogP contribution < -0.4 is 25.4 Å². The number of methoxy groups -OCH3 is 1. The normalized spacial score (nSPS) is 15.0. The van der Waals surface area contributed by atoms with Crippen LogP contribution in [0.5, 0.6) is 11.5 Å². The summed E-state index contributed by atoms with van der Waals surface area (Å²) in [4.78, 5) is 16.7. The Kier molecular flexibility index (Phi) is 9.45. The van der Waals surface area contributed by atoms with Crippen molar-refractivity contribution in [3.05, 3.63) is 18.2 Å². The highest BCUT2D eigenvalue weighted by Gasteiger charge is 2.15. The van der Waals surface area contributed by atoms with Gasteiger partial charge >= 0.3 is 0 Å². The smallest absolute Gasteiger partial charge is 0.222 e. The van der Waals surface area contributed by atoms with Crippen molar-refractivity contribution in [2.75, 3.05) is 32.1 Å². The van der Waals surface area contributed by atoms with E-state index in [1.54, 1.807) is 7.11 Å². The van der Waals surface area contributed by atoms with Crippen molar-refractivity contribution in [3.8, 4) is 11.5 Å². The van der Waals surface area contributed by atoms with E-state index in [1.807, 2.05) is 32.0 Å². The van der Waals surface area contributed by atoms with Crippen LogP contribution in [-0.2, 0) is 4.79 Å². The predicted molar refractivity (Wildman–Crippen MR) is 113 cm³/mol. The van der Waals surface area contributed by atoms with E-state index in [2.05, 4.69) is 20.9 Å². The van der Waals surface area contributed by atoms with Gasteiger partial charge in [0, 0.05) is 30.8 Å². The second kappa shape index (κ2) is 12.1. The van der Waals surface area contributed by atoms with Crippen LogP contribution in [0.1, 0.15) is 52.4 Å². The first-order valence-electron chi connectivity index (χ1n) is 10.3. The summed E-state index contributed by atoms with van der Waals surface area (Å²) in [5.74, 6) is 2.08. The summed E-state index contributed by atoms with van der Waals surface area (Å²) in [5.41, 5.74) is 0.843. The standard InChI is InChI=1S/C21H34N4O3/c1-4-22-21(23-14-13-20(26)24-16-9-7-6-8-10-16)25-17-11-12-18(27-3)19(15-17)28-5-2/h11-12,15-16H,4-10,13-14H2,1-3H3,(H,24,26)(H2,22,23,25). The van der Waals surface area contributed by atoms with Gasteiger partial charge in [-0.2, -0.15) is 0 Å². The van der Waals surface area contributed by atoms with Crippen LogP contribution in [0.15, 0.2) is 23.2 Å². The molecule has 1 aliphatic carbocycles. The average Bonchev–Trinajstić information content (AvgIpc) is 2.69. The maximum atomic E-state index is 12.1. The van der Waals surface area contributed by atoms with Gasteiger partial charge in [-0.05, 0) is 38.8 Å². The van der Waals surface area contributed by atoms with E-state index >= 15 is 0 Å². The Morgan fingerprint density at radius 1 is 1.18 bits per heavy atom. The summed E-state index contributed by atoms with van der Waals surface area (Å²) in [6.07, 6.45) is 6.29. The van der Waals surface area contributed by atoms with Crippen LogP contribution in [0.4, 0.5) is 5.69 Å². The number of hydrogen-bond acceptors (Lipinski definition) is 4. The highest BCUT2D eigenvalue weighted by atomic mass is 16.5. The molecule has 1 amide bonds. The van der Waals surface area contributed by atoms with Crippen LogP contribution >= 0.6 is 0 Å². The SMILES string of the molecule is CCNC(=NCCC(=O)NC1CCCCC1)Nc1ccc(OC)c(OCC)c1. The van der Waals surface area contributed by atoms with Gasteiger partial charge in [0.25, 0.3) is 0 Å². The molecule has 0 bridgehead atoms. The highest BCUT2D eigenvalue weighted by molar-refractivity contribution is 5.94. The molecule has 3 N–H and O–H groups in total. The Morgan fingerprint density at radius 3 is 2.64 bits per heavy atom. The molecule has 0 atom stereocenters. The third kappa shape index (κ3) is 7.29. The van der Waals surface area contributed by atoms with E-state index in [1.165, 1.54) is 19.3 Å². The zero-order valence-electron chi connectivity index (χ0n) is 17.3. The molecule has 1 saturated carbocycles. The van der Waals surface area contributed by atoms with Gasteiger partial charge in [0.1, 0.15) is 0 Å². The van der Waals surface area contributed by atoms with E-state index in [0.29, 0.717) is 43.1 Å². The molecule has 2 rings (SSSR count). The quantitative estimate of drug-likeness (QED) is 0.445. The molecule has 1 aromatic carbocycles. The Balaban J connectivity index is 1.90. The number of nitrogens with zero attached hydrogens (tertiary/aromatic N) is 1. The zero-order valence-corrected chi connectivity index (χ0v) is 17.3. The molecule has 1 fully saturated rings. The highest BCUT2D eigenvalue weighted by Crippen LogP contribution is 2.30. The lowest BCUT2D eigenvalue weighted by Gasteiger charge is -2.22. The number of nitrogens with one attached hydrogen (secondary N) is 3. The van der Waals surface area contributed by atoms with E-state index < -0.39 is 0 Å². The predicted octanol–water partition coefficient (Wildman–Crippen LogP) is 3.31. The van der Waals surface area contributed by atoms with E-state index in [4.69, 9.17) is 9.47 Å². The number of anilines is 1. The summed E-state index contributed by atoms with van der Waals surface area (Å²) in [6, 6.07) is 5.98. The topological polar surface area (TPSA) is 84.0 Å². The third-order valence-corrected chi connectivity index (χ3v) is 4.65. The van der Waals surface area contributed by atoms with Crippen molar-refractivity contribution < 1.29 is 14.3 Å². The maximum absolute atomic E-state index is 12.1. The van der Waals surface area contributed by atoms with Crippen LogP contribution in [-0.4, -0.2) is 44.7 Å². The molecule has 28 heavy (non-hydrogen) atoms. The Labute approximate surface area is 168 Å². The Morgan fingerprint density at radius 2 is 1.96 bits per heavy atom. The van der Waals surface area contributed by atoms with Crippen LogP contribution in [0.25, 0.3) is 0 Å². The summed E-state index contributed by atoms with van der Waals surface area (Å²) in [5, 5.41) is 9.59. The van der Waals surface area contributed by atoms with E-state index in [0.717, 1.165) is 25.1 Å². The number of carbonyl (C=O) groups is 1. The second-order valence-electron chi connectivity index (χ2n) is 6.84. The van der Waals surface area contributed by atoms with Gasteiger partial charge in [-0.15, -0.1) is 0 Å². The summed E-state index contributed by atoms with van der Waals surface area (Å²) >= 11 is 0. The van der Waals surface area contributed by atoms with Crippen molar-refractivity contribution in [2.45, 2.75) is 58.4 Å². The molecular formula is C21H34N4O3. The molecule has 156 valence electrons.